The molecular formula is C15H15F2N5O2. The Morgan fingerprint density at radius 1 is 1.33 bits per heavy atom. The lowest BCUT2D eigenvalue weighted by molar-refractivity contribution is 0.102. The van der Waals surface area contributed by atoms with Crippen LogP contribution in [0.4, 0.5) is 14.8 Å². The fourth-order valence-electron chi connectivity index (χ4n) is 2.20. The van der Waals surface area contributed by atoms with E-state index < -0.39 is 12.3 Å². The highest BCUT2D eigenvalue weighted by Crippen LogP contribution is 2.22. The molecular weight excluding hydrogens is 320 g/mol. The molecule has 24 heavy (non-hydrogen) atoms. The number of halogens is 2. The Balaban J connectivity index is 1.95. The smallest absolute Gasteiger partial charge is 0.301 e. The minimum Gasteiger partial charge on any atom is -0.432 e. The van der Waals surface area contributed by atoms with Crippen molar-refractivity contribution in [3.63, 3.8) is 0 Å². The molecule has 0 aliphatic rings. The van der Waals surface area contributed by atoms with Gasteiger partial charge in [-0.3, -0.25) is 10.1 Å². The number of hydrogen-bond donors (Lipinski definition) is 1. The van der Waals surface area contributed by atoms with Gasteiger partial charge in [-0.1, -0.05) is 13.8 Å². The van der Waals surface area contributed by atoms with E-state index in [1.807, 2.05) is 13.8 Å². The number of carbonyl (C=O) groups excluding carboxylic acids is 1. The molecule has 0 fully saturated rings. The molecule has 9 heteroatoms. The Hall–Kier alpha value is -2.84. The summed E-state index contributed by atoms with van der Waals surface area (Å²) < 4.78 is 32.3. The van der Waals surface area contributed by atoms with Crippen molar-refractivity contribution in [2.45, 2.75) is 33.1 Å². The summed E-state index contributed by atoms with van der Waals surface area (Å²) in [6.07, 6.45) is -0.0893. The molecule has 126 valence electrons. The van der Waals surface area contributed by atoms with Gasteiger partial charge in [0.25, 0.3) is 12.3 Å². The van der Waals surface area contributed by atoms with Crippen LogP contribution in [0, 0.1) is 6.92 Å². The molecule has 0 radical (unpaired) electrons. The molecule has 0 aliphatic heterocycles. The quantitative estimate of drug-likeness (QED) is 0.790. The van der Waals surface area contributed by atoms with Crippen molar-refractivity contribution in [3.8, 4) is 0 Å². The van der Waals surface area contributed by atoms with Crippen LogP contribution >= 0.6 is 0 Å². The fourth-order valence-corrected chi connectivity index (χ4v) is 2.20. The number of nitrogens with one attached hydrogen (secondary N) is 1. The van der Waals surface area contributed by atoms with E-state index in [-0.39, 0.29) is 28.8 Å². The highest BCUT2D eigenvalue weighted by atomic mass is 19.3. The average molecular weight is 335 g/mol. The Kier molecular flexibility index (Phi) is 4.00. The van der Waals surface area contributed by atoms with Crippen molar-refractivity contribution in [3.05, 3.63) is 41.2 Å². The summed E-state index contributed by atoms with van der Waals surface area (Å²) in [5.74, 6) is -0.435. The first-order chi connectivity index (χ1) is 11.4. The maximum Gasteiger partial charge on any atom is 0.301 e. The second-order valence-electron chi connectivity index (χ2n) is 5.60. The number of anilines is 1. The molecule has 0 aromatic carbocycles. The zero-order chi connectivity index (χ0) is 17.4. The van der Waals surface area contributed by atoms with Crippen LogP contribution in [0.15, 0.2) is 22.9 Å². The molecule has 7 nitrogen and oxygen atoms in total. The Labute approximate surface area is 135 Å². The summed E-state index contributed by atoms with van der Waals surface area (Å²) in [5.41, 5.74) is 0.850. The lowest BCUT2D eigenvalue weighted by atomic mass is 10.2. The third-order valence-corrected chi connectivity index (χ3v) is 3.43. The van der Waals surface area contributed by atoms with Crippen molar-refractivity contribution in [1.82, 2.24) is 19.6 Å². The number of oxazole rings is 1. The number of aryl methyl sites for hydroxylation is 1. The van der Waals surface area contributed by atoms with Gasteiger partial charge in [0.2, 0.25) is 0 Å². The average Bonchev–Trinajstić information content (AvgIpc) is 3.12. The predicted molar refractivity (Wildman–Crippen MR) is 81.2 cm³/mol. The van der Waals surface area contributed by atoms with E-state index in [1.54, 1.807) is 6.92 Å². The van der Waals surface area contributed by atoms with E-state index in [0.29, 0.717) is 11.4 Å². The van der Waals surface area contributed by atoms with Gasteiger partial charge < -0.3 is 4.42 Å². The van der Waals surface area contributed by atoms with Gasteiger partial charge in [-0.25, -0.2) is 18.3 Å². The SMILES string of the molecule is Cc1cc(C(F)F)n2ncc(C(=O)Nc3nc(C(C)C)co3)c2n1. The lowest BCUT2D eigenvalue weighted by Gasteiger charge is -2.05. The molecule has 1 amide bonds. The second-order valence-corrected chi connectivity index (χ2v) is 5.60. The number of alkyl halides is 2. The van der Waals surface area contributed by atoms with Crippen LogP contribution in [-0.2, 0) is 0 Å². The molecule has 3 heterocycles. The summed E-state index contributed by atoms with van der Waals surface area (Å²) >= 11 is 0. The van der Waals surface area contributed by atoms with E-state index in [0.717, 1.165) is 4.52 Å². The van der Waals surface area contributed by atoms with Gasteiger partial charge in [0.05, 0.1) is 11.9 Å². The highest BCUT2D eigenvalue weighted by molar-refractivity contribution is 6.07. The zero-order valence-corrected chi connectivity index (χ0v) is 13.2. The van der Waals surface area contributed by atoms with Gasteiger partial charge in [-0.05, 0) is 18.9 Å². The fraction of sp³-hybridized carbons (Fsp3) is 0.333. The predicted octanol–water partition coefficient (Wildman–Crippen LogP) is 3.34. The van der Waals surface area contributed by atoms with E-state index in [4.69, 9.17) is 4.42 Å². The van der Waals surface area contributed by atoms with Crippen LogP contribution in [0.3, 0.4) is 0 Å². The molecule has 0 saturated heterocycles. The van der Waals surface area contributed by atoms with Gasteiger partial charge in [0.1, 0.15) is 17.5 Å². The van der Waals surface area contributed by atoms with Crippen LogP contribution in [0.25, 0.3) is 5.65 Å². The number of nitrogens with zero attached hydrogens (tertiary/aromatic N) is 4. The molecule has 0 spiro atoms. The van der Waals surface area contributed by atoms with Crippen LogP contribution in [0.5, 0.6) is 0 Å². The molecule has 3 aromatic rings. The second kappa shape index (κ2) is 5.99. The number of fused-ring (bicyclic) bond motifs is 1. The van der Waals surface area contributed by atoms with Crippen LogP contribution in [0.1, 0.15) is 53.6 Å². The normalized spacial score (nSPS) is 11.6. The number of aromatic nitrogens is 4. The number of carbonyl (C=O) groups is 1. The Morgan fingerprint density at radius 2 is 2.08 bits per heavy atom. The third-order valence-electron chi connectivity index (χ3n) is 3.43. The van der Waals surface area contributed by atoms with Crippen molar-refractivity contribution in [1.29, 1.82) is 0 Å². The van der Waals surface area contributed by atoms with Crippen LogP contribution in [0.2, 0.25) is 0 Å². The lowest BCUT2D eigenvalue weighted by Crippen LogP contribution is -2.13. The first-order valence-corrected chi connectivity index (χ1v) is 7.27. The minimum atomic E-state index is -2.73. The molecule has 3 aromatic heterocycles. The first-order valence-electron chi connectivity index (χ1n) is 7.27. The van der Waals surface area contributed by atoms with Crippen molar-refractivity contribution in [2.75, 3.05) is 5.32 Å². The van der Waals surface area contributed by atoms with E-state index in [2.05, 4.69) is 20.4 Å². The molecule has 0 aliphatic carbocycles. The number of rotatable bonds is 4. The molecule has 0 unspecified atom stereocenters. The van der Waals surface area contributed by atoms with Gasteiger partial charge in [0.15, 0.2) is 5.65 Å². The standard InChI is InChI=1S/C15H15F2N5O2/c1-7(2)10-6-24-15(20-10)21-14(23)9-5-18-22-11(12(16)17)4-8(3)19-13(9)22/h4-7,12H,1-3H3,(H,20,21,23). The van der Waals surface area contributed by atoms with Gasteiger partial charge in [0, 0.05) is 5.69 Å². The van der Waals surface area contributed by atoms with E-state index in [1.165, 1.54) is 18.5 Å². The van der Waals surface area contributed by atoms with E-state index >= 15 is 0 Å². The van der Waals surface area contributed by atoms with E-state index in [9.17, 15) is 13.6 Å². The maximum atomic E-state index is 13.1. The summed E-state index contributed by atoms with van der Waals surface area (Å²) in [5, 5.41) is 6.32. The first kappa shape index (κ1) is 16.0. The monoisotopic (exact) mass is 335 g/mol. The molecule has 0 bridgehead atoms. The van der Waals surface area contributed by atoms with Gasteiger partial charge in [-0.2, -0.15) is 10.1 Å². The van der Waals surface area contributed by atoms with Crippen LogP contribution < -0.4 is 5.32 Å². The third kappa shape index (κ3) is 2.84. The highest BCUT2D eigenvalue weighted by Gasteiger charge is 2.21. The Bertz CT molecular complexity index is 901. The molecule has 3 rings (SSSR count). The van der Waals surface area contributed by atoms with Crippen molar-refractivity contribution < 1.29 is 18.0 Å². The molecule has 0 atom stereocenters. The largest absolute Gasteiger partial charge is 0.432 e. The molecule has 0 saturated carbocycles. The van der Waals surface area contributed by atoms with Crippen molar-refractivity contribution >= 4 is 17.6 Å². The number of hydrogen-bond acceptors (Lipinski definition) is 5. The Morgan fingerprint density at radius 3 is 2.71 bits per heavy atom. The number of amides is 1. The van der Waals surface area contributed by atoms with Crippen molar-refractivity contribution in [2.24, 2.45) is 0 Å². The minimum absolute atomic E-state index is 0.0322. The summed E-state index contributed by atoms with van der Waals surface area (Å²) in [6, 6.07) is 1.26. The molecule has 1 N–H and O–H groups in total. The van der Waals surface area contributed by atoms with Crippen LogP contribution in [-0.4, -0.2) is 25.5 Å². The topological polar surface area (TPSA) is 85.3 Å². The maximum absolute atomic E-state index is 13.1. The van der Waals surface area contributed by atoms with Gasteiger partial charge >= 0.3 is 6.01 Å². The summed E-state index contributed by atoms with van der Waals surface area (Å²) in [6.45, 7) is 5.45. The van der Waals surface area contributed by atoms with Gasteiger partial charge in [-0.15, -0.1) is 0 Å². The summed E-state index contributed by atoms with van der Waals surface area (Å²) in [7, 11) is 0. The summed E-state index contributed by atoms with van der Waals surface area (Å²) in [4.78, 5) is 20.6. The zero-order valence-electron chi connectivity index (χ0n) is 13.2.